The Bertz CT molecular complexity index is 1480. The van der Waals surface area contributed by atoms with Crippen LogP contribution in [0.4, 0.5) is 0 Å². The van der Waals surface area contributed by atoms with Gasteiger partial charge in [-0.25, -0.2) is 0 Å². The van der Waals surface area contributed by atoms with Gasteiger partial charge in [0.2, 0.25) is 5.91 Å². The maximum atomic E-state index is 13.3. The van der Waals surface area contributed by atoms with Gasteiger partial charge in [0, 0.05) is 6.42 Å². The standard InChI is InChI=1S/C63H115NO13/c1-3-5-7-9-11-13-15-17-19-21-22-23-24-25-26-27-28-29-31-32-34-36-38-40-42-44-46-52(67)51(64-55(68)47-45-43-41-39-37-35-33-30-20-18-16-14-12-10-8-6-4-2)50-74-62-60(73)58(71)61(54(49-66)76-62)77-63-59(72)57(70)56(69)53(48-65)75-63/h18,20,29,31,36,38,44,46,51-54,56-63,65-67,69-73H,3-17,19,21-28,30,32-35,37,39-43,45,47-50H2,1-2H3,(H,64,68)/b20-18-,31-29+,38-36+,46-44+. The monoisotopic (exact) mass is 1090 g/mol. The van der Waals surface area contributed by atoms with Gasteiger partial charge in [0.1, 0.15) is 48.8 Å². The number of hydrogen-bond acceptors (Lipinski definition) is 13. The highest BCUT2D eigenvalue weighted by molar-refractivity contribution is 5.76. The zero-order chi connectivity index (χ0) is 56.0. The molecule has 0 aromatic rings. The smallest absolute Gasteiger partial charge is 0.220 e. The maximum absolute atomic E-state index is 13.3. The minimum absolute atomic E-state index is 0.257. The molecule has 0 radical (unpaired) electrons. The van der Waals surface area contributed by atoms with Gasteiger partial charge in [0.25, 0.3) is 0 Å². The average Bonchev–Trinajstić information content (AvgIpc) is 3.44. The van der Waals surface area contributed by atoms with Crippen molar-refractivity contribution in [3.63, 3.8) is 0 Å². The fourth-order valence-corrected chi connectivity index (χ4v) is 10.1. The third-order valence-electron chi connectivity index (χ3n) is 15.2. The third kappa shape index (κ3) is 34.1. The molecule has 0 spiro atoms. The van der Waals surface area contributed by atoms with Crippen LogP contribution in [0.5, 0.6) is 0 Å². The number of unbranched alkanes of at least 4 members (excludes halogenated alkanes) is 31. The molecule has 450 valence electrons. The van der Waals surface area contributed by atoms with Crippen LogP contribution in [0.3, 0.4) is 0 Å². The Morgan fingerprint density at radius 3 is 1.27 bits per heavy atom. The lowest BCUT2D eigenvalue weighted by Crippen LogP contribution is -2.65. The zero-order valence-electron chi connectivity index (χ0n) is 48.5. The van der Waals surface area contributed by atoms with E-state index in [2.05, 4.69) is 55.6 Å². The number of rotatable bonds is 50. The lowest BCUT2D eigenvalue weighted by atomic mass is 9.97. The van der Waals surface area contributed by atoms with Gasteiger partial charge in [0.15, 0.2) is 12.6 Å². The molecule has 0 saturated carbocycles. The summed E-state index contributed by atoms with van der Waals surface area (Å²) in [7, 11) is 0. The number of nitrogens with one attached hydrogen (secondary N) is 1. The van der Waals surface area contributed by atoms with Crippen molar-refractivity contribution >= 4 is 5.91 Å². The van der Waals surface area contributed by atoms with Crippen LogP contribution in [0.1, 0.15) is 251 Å². The van der Waals surface area contributed by atoms with Gasteiger partial charge in [0.05, 0.1) is 32.0 Å². The normalized spacial score (nSPS) is 25.0. The highest BCUT2D eigenvalue weighted by Crippen LogP contribution is 2.30. The molecule has 14 nitrogen and oxygen atoms in total. The second kappa shape index (κ2) is 48.6. The van der Waals surface area contributed by atoms with E-state index < -0.39 is 86.8 Å². The van der Waals surface area contributed by atoms with E-state index in [0.717, 1.165) is 51.4 Å². The van der Waals surface area contributed by atoms with Crippen molar-refractivity contribution < 1.29 is 64.6 Å². The van der Waals surface area contributed by atoms with Crippen LogP contribution in [0, 0.1) is 0 Å². The van der Waals surface area contributed by atoms with Crippen molar-refractivity contribution in [3.05, 3.63) is 48.6 Å². The minimum Gasteiger partial charge on any atom is -0.394 e. The summed E-state index contributed by atoms with van der Waals surface area (Å²) in [6.07, 6.45) is 44.4. The average molecular weight is 1090 g/mol. The summed E-state index contributed by atoms with van der Waals surface area (Å²) in [5, 5.41) is 87.1. The van der Waals surface area contributed by atoms with E-state index in [1.165, 1.54) is 167 Å². The molecule has 9 N–H and O–H groups in total. The first-order valence-electron chi connectivity index (χ1n) is 31.4. The van der Waals surface area contributed by atoms with Gasteiger partial charge in [-0.3, -0.25) is 4.79 Å². The summed E-state index contributed by atoms with van der Waals surface area (Å²) < 4.78 is 22.8. The van der Waals surface area contributed by atoms with Crippen molar-refractivity contribution in [2.45, 2.75) is 325 Å². The molecule has 2 aliphatic heterocycles. The number of carbonyl (C=O) groups excluding carboxylic acids is 1. The van der Waals surface area contributed by atoms with Gasteiger partial charge in [-0.2, -0.15) is 0 Å². The first kappa shape index (κ1) is 71.1. The fourth-order valence-electron chi connectivity index (χ4n) is 10.1. The fraction of sp³-hybridized carbons (Fsp3) is 0.857. The van der Waals surface area contributed by atoms with Crippen molar-refractivity contribution in [1.82, 2.24) is 5.32 Å². The molecule has 2 aliphatic rings. The Kier molecular flexibility index (Phi) is 44.9. The molecule has 2 rings (SSSR count). The molecule has 12 unspecified atom stereocenters. The Hall–Kier alpha value is -2.05. The highest BCUT2D eigenvalue weighted by Gasteiger charge is 2.51. The van der Waals surface area contributed by atoms with Crippen LogP contribution in [0.15, 0.2) is 48.6 Å². The molecule has 2 fully saturated rings. The van der Waals surface area contributed by atoms with E-state index in [4.69, 9.17) is 18.9 Å². The van der Waals surface area contributed by atoms with E-state index in [9.17, 15) is 45.6 Å². The van der Waals surface area contributed by atoms with Crippen molar-refractivity contribution in [2.24, 2.45) is 0 Å². The molecule has 14 heteroatoms. The van der Waals surface area contributed by atoms with Crippen LogP contribution >= 0.6 is 0 Å². The molecule has 0 aromatic carbocycles. The van der Waals surface area contributed by atoms with E-state index in [0.29, 0.717) is 12.8 Å². The van der Waals surface area contributed by atoms with Crippen LogP contribution in [-0.2, 0) is 23.7 Å². The molecule has 2 saturated heterocycles. The molecule has 2 heterocycles. The van der Waals surface area contributed by atoms with Gasteiger partial charge >= 0.3 is 0 Å². The number of amides is 1. The Morgan fingerprint density at radius 1 is 0.455 bits per heavy atom. The Morgan fingerprint density at radius 2 is 0.831 bits per heavy atom. The second-order valence-electron chi connectivity index (χ2n) is 22.2. The van der Waals surface area contributed by atoms with Gasteiger partial charge in [-0.1, -0.05) is 223 Å². The maximum Gasteiger partial charge on any atom is 0.220 e. The van der Waals surface area contributed by atoms with Crippen LogP contribution < -0.4 is 5.32 Å². The van der Waals surface area contributed by atoms with Gasteiger partial charge in [-0.05, 0) is 70.6 Å². The predicted molar refractivity (Wildman–Crippen MR) is 309 cm³/mol. The Labute approximate surface area is 467 Å². The SMILES string of the molecule is CCCCCCCC/C=C\CCCCCCCCCC(=O)NC(COC1OC(CO)C(OC2OC(CO)C(O)C(O)C2O)C(O)C1O)C(O)/C=C/CC/C=C/CC/C=C/CCCCCCCCCCCCCCCCCC. The van der Waals surface area contributed by atoms with Crippen molar-refractivity contribution in [3.8, 4) is 0 Å². The molecule has 77 heavy (non-hydrogen) atoms. The molecule has 12 atom stereocenters. The summed E-state index contributed by atoms with van der Waals surface area (Å²) in [4.78, 5) is 13.3. The summed E-state index contributed by atoms with van der Waals surface area (Å²) >= 11 is 0. The summed E-state index contributed by atoms with van der Waals surface area (Å²) in [5.41, 5.74) is 0. The lowest BCUT2D eigenvalue weighted by molar-refractivity contribution is -0.359. The van der Waals surface area contributed by atoms with Gasteiger partial charge < -0.3 is 65.1 Å². The quantitative estimate of drug-likeness (QED) is 0.0204. The number of aliphatic hydroxyl groups is 8. The van der Waals surface area contributed by atoms with E-state index in [-0.39, 0.29) is 18.9 Å². The lowest BCUT2D eigenvalue weighted by Gasteiger charge is -2.46. The summed E-state index contributed by atoms with van der Waals surface area (Å²) in [6, 6.07) is -0.941. The highest BCUT2D eigenvalue weighted by atomic mass is 16.7. The number of hydrogen-bond donors (Lipinski definition) is 9. The first-order chi connectivity index (χ1) is 37.6. The largest absolute Gasteiger partial charge is 0.394 e. The Balaban J connectivity index is 1.76. The van der Waals surface area contributed by atoms with Crippen LogP contribution in [0.25, 0.3) is 0 Å². The topological polar surface area (TPSA) is 228 Å². The first-order valence-corrected chi connectivity index (χ1v) is 31.4. The van der Waals surface area contributed by atoms with E-state index in [1.807, 2.05) is 6.08 Å². The summed E-state index contributed by atoms with van der Waals surface area (Å²) in [5.74, 6) is -0.257. The molecule has 0 aromatic heterocycles. The van der Waals surface area contributed by atoms with E-state index in [1.54, 1.807) is 6.08 Å². The number of ether oxygens (including phenoxy) is 4. The van der Waals surface area contributed by atoms with Crippen LogP contribution in [-0.4, -0.2) is 140 Å². The number of carbonyl (C=O) groups is 1. The minimum atomic E-state index is -1.79. The second-order valence-corrected chi connectivity index (χ2v) is 22.2. The zero-order valence-corrected chi connectivity index (χ0v) is 48.5. The van der Waals surface area contributed by atoms with Crippen molar-refractivity contribution in [2.75, 3.05) is 19.8 Å². The predicted octanol–water partition coefficient (Wildman–Crippen LogP) is 11.2. The number of aliphatic hydroxyl groups excluding tert-OH is 8. The molecular weight excluding hydrogens is 979 g/mol. The van der Waals surface area contributed by atoms with Gasteiger partial charge in [-0.15, -0.1) is 0 Å². The van der Waals surface area contributed by atoms with Crippen LogP contribution in [0.2, 0.25) is 0 Å². The van der Waals surface area contributed by atoms with Crippen molar-refractivity contribution in [1.29, 1.82) is 0 Å². The number of allylic oxidation sites excluding steroid dienone is 7. The van der Waals surface area contributed by atoms with E-state index >= 15 is 0 Å². The summed E-state index contributed by atoms with van der Waals surface area (Å²) in [6.45, 7) is 2.78. The molecule has 1 amide bonds. The molecule has 0 bridgehead atoms. The molecular formula is C63H115NO13. The molecule has 0 aliphatic carbocycles. The third-order valence-corrected chi connectivity index (χ3v) is 15.2.